The summed E-state index contributed by atoms with van der Waals surface area (Å²) in [5.41, 5.74) is 2.83. The fourth-order valence-electron chi connectivity index (χ4n) is 5.17. The summed E-state index contributed by atoms with van der Waals surface area (Å²) in [7, 11) is 0. The molecule has 2 atom stereocenters. The number of unbranched alkanes of at least 4 members (excludes halogenated alkanes) is 5. The summed E-state index contributed by atoms with van der Waals surface area (Å²) in [5, 5.41) is 0. The third-order valence-electron chi connectivity index (χ3n) is 7.62. The van der Waals surface area contributed by atoms with Gasteiger partial charge in [0.2, 0.25) is 5.82 Å². The fraction of sp³-hybridized carbons (Fsp3) is 0.429. The quantitative estimate of drug-likeness (QED) is 0.144. The van der Waals surface area contributed by atoms with E-state index in [9.17, 15) is 8.78 Å². The Labute approximate surface area is 242 Å². The van der Waals surface area contributed by atoms with Crippen molar-refractivity contribution in [2.75, 3.05) is 19.8 Å². The van der Waals surface area contributed by atoms with E-state index in [0.717, 1.165) is 31.2 Å². The van der Waals surface area contributed by atoms with Gasteiger partial charge >= 0.3 is 0 Å². The van der Waals surface area contributed by atoms with Gasteiger partial charge in [-0.05, 0) is 66.6 Å². The van der Waals surface area contributed by atoms with Crippen molar-refractivity contribution in [3.8, 4) is 28.0 Å². The van der Waals surface area contributed by atoms with Gasteiger partial charge in [-0.25, -0.2) is 8.78 Å². The Morgan fingerprint density at radius 3 is 2.27 bits per heavy atom. The van der Waals surface area contributed by atoms with Crippen molar-refractivity contribution >= 4 is 0 Å². The molecule has 0 bridgehead atoms. The maximum atomic E-state index is 15.1. The van der Waals surface area contributed by atoms with Crippen molar-refractivity contribution in [2.24, 2.45) is 0 Å². The molecule has 3 aromatic carbocycles. The molecule has 3 nitrogen and oxygen atoms in total. The van der Waals surface area contributed by atoms with E-state index in [4.69, 9.17) is 14.2 Å². The number of hydrogen-bond donors (Lipinski definition) is 0. The predicted molar refractivity (Wildman–Crippen MR) is 159 cm³/mol. The van der Waals surface area contributed by atoms with E-state index in [1.165, 1.54) is 31.4 Å². The van der Waals surface area contributed by atoms with E-state index >= 15 is 4.39 Å². The number of rotatable bonds is 14. The lowest BCUT2D eigenvalue weighted by atomic mass is 9.91. The first-order valence-electron chi connectivity index (χ1n) is 14.9. The van der Waals surface area contributed by atoms with Crippen LogP contribution in [0.3, 0.4) is 0 Å². The monoisotopic (exact) mass is 566 g/mol. The minimum atomic E-state index is -0.974. The molecule has 0 N–H and O–H groups in total. The second-order valence-corrected chi connectivity index (χ2v) is 10.6. The Morgan fingerprint density at radius 2 is 1.56 bits per heavy atom. The van der Waals surface area contributed by atoms with Gasteiger partial charge in [0.15, 0.2) is 17.9 Å². The normalized spacial score (nSPS) is 17.3. The minimum Gasteiger partial charge on any atom is -0.490 e. The zero-order valence-electron chi connectivity index (χ0n) is 24.1. The maximum absolute atomic E-state index is 15.1. The number of benzene rings is 3. The lowest BCUT2D eigenvalue weighted by molar-refractivity contribution is -0.160. The van der Waals surface area contributed by atoms with Crippen LogP contribution >= 0.6 is 0 Å². The largest absolute Gasteiger partial charge is 0.490 e. The molecule has 3 aromatic rings. The molecule has 1 aliphatic heterocycles. The molecular weight excluding hydrogens is 525 g/mol. The molecule has 220 valence electrons. The van der Waals surface area contributed by atoms with Crippen LogP contribution in [0.2, 0.25) is 0 Å². The molecule has 0 saturated carbocycles. The molecule has 1 aliphatic rings. The molecule has 2 unspecified atom stereocenters. The van der Waals surface area contributed by atoms with Gasteiger partial charge in [0.05, 0.1) is 19.8 Å². The zero-order chi connectivity index (χ0) is 29.0. The molecule has 0 aliphatic carbocycles. The van der Waals surface area contributed by atoms with E-state index < -0.39 is 11.6 Å². The molecule has 1 fully saturated rings. The van der Waals surface area contributed by atoms with Gasteiger partial charge in [-0.3, -0.25) is 0 Å². The maximum Gasteiger partial charge on any atom is 0.201 e. The van der Waals surface area contributed by atoms with Crippen LogP contribution in [0, 0.1) is 17.5 Å². The zero-order valence-corrected chi connectivity index (χ0v) is 24.1. The average Bonchev–Trinajstić information content (AvgIpc) is 2.99. The smallest absolute Gasteiger partial charge is 0.201 e. The van der Waals surface area contributed by atoms with Crippen LogP contribution in [0.25, 0.3) is 22.3 Å². The van der Waals surface area contributed by atoms with Crippen molar-refractivity contribution in [2.45, 2.75) is 77.4 Å². The molecule has 0 amide bonds. The summed E-state index contributed by atoms with van der Waals surface area (Å²) in [6.07, 6.45) is 11.7. The highest BCUT2D eigenvalue weighted by atomic mass is 19.2. The molecule has 0 radical (unpaired) electrons. The molecule has 1 heterocycles. The number of ether oxygens (including phenoxy) is 3. The van der Waals surface area contributed by atoms with Gasteiger partial charge in [-0.2, -0.15) is 4.39 Å². The molecule has 6 heteroatoms. The van der Waals surface area contributed by atoms with Gasteiger partial charge < -0.3 is 14.2 Å². The first-order valence-corrected chi connectivity index (χ1v) is 14.9. The molecular formula is C35H41F3O3. The van der Waals surface area contributed by atoms with Crippen molar-refractivity contribution in [1.82, 2.24) is 0 Å². The standard InChI is InChI=1S/C35H41F3O3/c1-3-5-7-8-9-10-22-39-32-19-18-30(34(37)35(32)38)26-13-11-25(12-14-26)27-15-17-29(31(36)23-27)28-16-20-33(41-24-28)40-21-6-4-2/h4,6,11-15,17-19,23,28,33H,3,5,7-10,16,20-22,24H2,1-2H3. The SMILES string of the molecule is CC=CCOC1CCC(c2ccc(-c3ccc(-c4ccc(OCCCCCCCC)c(F)c4F)cc3)cc2F)CO1. The molecule has 0 spiro atoms. The first-order chi connectivity index (χ1) is 20.0. The van der Waals surface area contributed by atoms with E-state index in [2.05, 4.69) is 6.92 Å². The summed E-state index contributed by atoms with van der Waals surface area (Å²) in [6.45, 7) is 5.40. The van der Waals surface area contributed by atoms with Crippen LogP contribution in [0.4, 0.5) is 13.2 Å². The Morgan fingerprint density at radius 1 is 0.829 bits per heavy atom. The average molecular weight is 567 g/mol. The van der Waals surface area contributed by atoms with E-state index in [0.29, 0.717) is 42.9 Å². The molecule has 1 saturated heterocycles. The van der Waals surface area contributed by atoms with Gasteiger partial charge in [0.25, 0.3) is 0 Å². The summed E-state index contributed by atoms with van der Waals surface area (Å²) < 4.78 is 61.8. The predicted octanol–water partition coefficient (Wildman–Crippen LogP) is 9.99. The summed E-state index contributed by atoms with van der Waals surface area (Å²) >= 11 is 0. The number of halogens is 3. The Hall–Kier alpha value is -3.09. The number of allylic oxidation sites excluding steroid dienone is 1. The van der Waals surface area contributed by atoms with Crippen LogP contribution in [-0.2, 0) is 9.47 Å². The third-order valence-corrected chi connectivity index (χ3v) is 7.62. The van der Waals surface area contributed by atoms with Crippen molar-refractivity contribution < 1.29 is 27.4 Å². The molecule has 0 aromatic heterocycles. The van der Waals surface area contributed by atoms with Gasteiger partial charge in [-0.1, -0.05) is 87.6 Å². The Kier molecular flexibility index (Phi) is 11.9. The van der Waals surface area contributed by atoms with Gasteiger partial charge in [0.1, 0.15) is 5.82 Å². The number of hydrogen-bond acceptors (Lipinski definition) is 3. The Bertz CT molecular complexity index is 1260. The summed E-state index contributed by atoms with van der Waals surface area (Å²) in [4.78, 5) is 0. The minimum absolute atomic E-state index is 0.0244. The third kappa shape index (κ3) is 8.46. The van der Waals surface area contributed by atoms with Crippen LogP contribution < -0.4 is 4.74 Å². The fourth-order valence-corrected chi connectivity index (χ4v) is 5.17. The van der Waals surface area contributed by atoms with Gasteiger partial charge in [-0.15, -0.1) is 0 Å². The lowest BCUT2D eigenvalue weighted by Crippen LogP contribution is -2.27. The second-order valence-electron chi connectivity index (χ2n) is 10.6. The summed E-state index contributed by atoms with van der Waals surface area (Å²) in [5.74, 6) is -2.27. The van der Waals surface area contributed by atoms with E-state index in [-0.39, 0.29) is 29.3 Å². The summed E-state index contributed by atoms with van der Waals surface area (Å²) in [6, 6.07) is 15.3. The lowest BCUT2D eigenvalue weighted by Gasteiger charge is -2.29. The van der Waals surface area contributed by atoms with Crippen LogP contribution in [0.5, 0.6) is 5.75 Å². The van der Waals surface area contributed by atoms with E-state index in [1.807, 2.05) is 31.2 Å². The van der Waals surface area contributed by atoms with Crippen LogP contribution in [-0.4, -0.2) is 26.1 Å². The highest BCUT2D eigenvalue weighted by Gasteiger charge is 2.25. The van der Waals surface area contributed by atoms with Crippen molar-refractivity contribution in [3.63, 3.8) is 0 Å². The highest BCUT2D eigenvalue weighted by molar-refractivity contribution is 5.71. The second kappa shape index (κ2) is 15.8. The topological polar surface area (TPSA) is 27.7 Å². The first kappa shape index (κ1) is 30.9. The van der Waals surface area contributed by atoms with Crippen LogP contribution in [0.15, 0.2) is 66.7 Å². The molecule has 4 rings (SSSR count). The van der Waals surface area contributed by atoms with Crippen LogP contribution in [0.1, 0.15) is 76.7 Å². The van der Waals surface area contributed by atoms with Crippen molar-refractivity contribution in [1.29, 1.82) is 0 Å². The van der Waals surface area contributed by atoms with Gasteiger partial charge in [0, 0.05) is 11.5 Å². The molecule has 41 heavy (non-hydrogen) atoms. The highest BCUT2D eigenvalue weighted by Crippen LogP contribution is 2.34. The van der Waals surface area contributed by atoms with E-state index in [1.54, 1.807) is 30.3 Å². The van der Waals surface area contributed by atoms with Crippen molar-refractivity contribution in [3.05, 3.63) is 89.8 Å². The Balaban J connectivity index is 1.35.